The van der Waals surface area contributed by atoms with Crippen LogP contribution in [0.25, 0.3) is 0 Å². The molecule has 1 aliphatic heterocycles. The molecule has 1 saturated heterocycles. The molecule has 122 valence electrons. The first-order valence-corrected chi connectivity index (χ1v) is 9.14. The minimum Gasteiger partial charge on any atom is -0.387 e. The maximum atomic E-state index is 11.7. The average Bonchev–Trinajstić information content (AvgIpc) is 2.82. The topological polar surface area (TPSA) is 95.5 Å². The van der Waals surface area contributed by atoms with Crippen molar-refractivity contribution in [1.82, 2.24) is 10.6 Å². The third kappa shape index (κ3) is 4.99. The Morgan fingerprint density at radius 3 is 2.59 bits per heavy atom. The predicted octanol–water partition coefficient (Wildman–Crippen LogP) is 0.762. The van der Waals surface area contributed by atoms with Crippen molar-refractivity contribution in [3.05, 3.63) is 35.4 Å². The van der Waals surface area contributed by atoms with Gasteiger partial charge in [-0.05, 0) is 24.8 Å². The van der Waals surface area contributed by atoms with Crippen LogP contribution in [0.4, 0.5) is 4.79 Å². The van der Waals surface area contributed by atoms with Gasteiger partial charge in [-0.25, -0.2) is 13.2 Å². The summed E-state index contributed by atoms with van der Waals surface area (Å²) in [5.41, 5.74) is 1.85. The maximum Gasteiger partial charge on any atom is 0.314 e. The van der Waals surface area contributed by atoms with E-state index in [2.05, 4.69) is 10.6 Å². The van der Waals surface area contributed by atoms with E-state index in [4.69, 9.17) is 0 Å². The van der Waals surface area contributed by atoms with Crippen LogP contribution in [0.5, 0.6) is 0 Å². The largest absolute Gasteiger partial charge is 0.387 e. The molecule has 2 amide bonds. The number of aliphatic hydroxyl groups excluding tert-OH is 1. The van der Waals surface area contributed by atoms with Crippen molar-refractivity contribution in [3.63, 3.8) is 0 Å². The molecule has 0 aromatic heterocycles. The summed E-state index contributed by atoms with van der Waals surface area (Å²) in [6, 6.07) is 7.06. The van der Waals surface area contributed by atoms with Crippen LogP contribution in [0.1, 0.15) is 23.7 Å². The predicted molar refractivity (Wildman–Crippen MR) is 84.3 cm³/mol. The lowest BCUT2D eigenvalue weighted by Crippen LogP contribution is -2.40. The molecule has 1 aliphatic rings. The quantitative estimate of drug-likeness (QED) is 0.744. The summed E-state index contributed by atoms with van der Waals surface area (Å²) < 4.78 is 22.6. The van der Waals surface area contributed by atoms with Crippen LogP contribution in [-0.2, 0) is 9.84 Å². The van der Waals surface area contributed by atoms with Crippen molar-refractivity contribution in [1.29, 1.82) is 0 Å². The number of aliphatic hydroxyl groups is 1. The van der Waals surface area contributed by atoms with E-state index in [1.165, 1.54) is 0 Å². The zero-order valence-corrected chi connectivity index (χ0v) is 13.4. The third-order valence-corrected chi connectivity index (χ3v) is 5.63. The molecule has 2 rings (SSSR count). The molecule has 1 heterocycles. The Bertz CT molecular complexity index is 613. The molecule has 1 fully saturated rings. The van der Waals surface area contributed by atoms with Gasteiger partial charge < -0.3 is 15.7 Å². The van der Waals surface area contributed by atoms with Crippen LogP contribution in [0.15, 0.2) is 24.3 Å². The summed E-state index contributed by atoms with van der Waals surface area (Å²) >= 11 is 0. The summed E-state index contributed by atoms with van der Waals surface area (Å²) in [6.07, 6.45) is -0.174. The Hall–Kier alpha value is -1.60. The normalized spacial score (nSPS) is 21.3. The molecule has 1 aromatic carbocycles. The van der Waals surface area contributed by atoms with Gasteiger partial charge in [0.25, 0.3) is 0 Å². The van der Waals surface area contributed by atoms with Crippen molar-refractivity contribution in [2.24, 2.45) is 5.92 Å². The summed E-state index contributed by atoms with van der Waals surface area (Å²) in [5.74, 6) is 0.324. The van der Waals surface area contributed by atoms with Gasteiger partial charge in [-0.1, -0.05) is 29.8 Å². The van der Waals surface area contributed by atoms with E-state index in [1.54, 1.807) is 0 Å². The van der Waals surface area contributed by atoms with E-state index in [0.29, 0.717) is 13.0 Å². The Balaban J connectivity index is 1.70. The van der Waals surface area contributed by atoms with Gasteiger partial charge in [0.05, 0.1) is 17.6 Å². The highest BCUT2D eigenvalue weighted by Gasteiger charge is 2.27. The molecule has 7 heteroatoms. The van der Waals surface area contributed by atoms with Crippen LogP contribution in [0, 0.1) is 12.8 Å². The highest BCUT2D eigenvalue weighted by Crippen LogP contribution is 2.17. The van der Waals surface area contributed by atoms with Gasteiger partial charge in [0.15, 0.2) is 9.84 Å². The first-order chi connectivity index (χ1) is 10.4. The van der Waals surface area contributed by atoms with E-state index in [1.807, 2.05) is 31.2 Å². The number of hydrogen-bond donors (Lipinski definition) is 3. The minimum absolute atomic E-state index is 0.0160. The van der Waals surface area contributed by atoms with Gasteiger partial charge in [0.1, 0.15) is 0 Å². The molecule has 22 heavy (non-hydrogen) atoms. The van der Waals surface area contributed by atoms with Crippen LogP contribution < -0.4 is 10.6 Å². The Morgan fingerprint density at radius 1 is 1.32 bits per heavy atom. The SMILES string of the molecule is Cc1ccc(C(O)CNC(=O)NCC2CCS(=O)(=O)C2)cc1. The van der Waals surface area contributed by atoms with Crippen LogP contribution >= 0.6 is 0 Å². The van der Waals surface area contributed by atoms with Crippen molar-refractivity contribution in [3.8, 4) is 0 Å². The molecule has 6 nitrogen and oxygen atoms in total. The van der Waals surface area contributed by atoms with Crippen LogP contribution in [0.2, 0.25) is 0 Å². The van der Waals surface area contributed by atoms with E-state index in [0.717, 1.165) is 11.1 Å². The monoisotopic (exact) mass is 326 g/mol. The Kier molecular flexibility index (Phi) is 5.42. The molecular formula is C15H22N2O4S. The Morgan fingerprint density at radius 2 is 2.00 bits per heavy atom. The number of amides is 2. The molecule has 2 atom stereocenters. The molecule has 0 aliphatic carbocycles. The van der Waals surface area contributed by atoms with E-state index in [9.17, 15) is 18.3 Å². The highest BCUT2D eigenvalue weighted by molar-refractivity contribution is 7.91. The average molecular weight is 326 g/mol. The number of carbonyl (C=O) groups is 1. The van der Waals surface area contributed by atoms with Gasteiger partial charge in [-0.3, -0.25) is 0 Å². The molecule has 1 aromatic rings. The fourth-order valence-corrected chi connectivity index (χ4v) is 4.29. The number of urea groups is 1. The van der Waals surface area contributed by atoms with Gasteiger partial charge in [0.2, 0.25) is 0 Å². The van der Waals surface area contributed by atoms with E-state index >= 15 is 0 Å². The smallest absolute Gasteiger partial charge is 0.314 e. The number of sulfone groups is 1. The zero-order chi connectivity index (χ0) is 16.2. The first kappa shape index (κ1) is 16.8. The number of aryl methyl sites for hydroxylation is 1. The van der Waals surface area contributed by atoms with Crippen LogP contribution in [-0.4, -0.2) is 44.2 Å². The lowest BCUT2D eigenvalue weighted by atomic mass is 10.1. The fraction of sp³-hybridized carbons (Fsp3) is 0.533. The molecule has 3 N–H and O–H groups in total. The molecule has 0 saturated carbocycles. The number of rotatable bonds is 5. The second-order valence-corrected chi connectivity index (χ2v) is 8.02. The van der Waals surface area contributed by atoms with Gasteiger partial charge >= 0.3 is 6.03 Å². The fourth-order valence-electron chi connectivity index (χ4n) is 2.43. The van der Waals surface area contributed by atoms with Crippen molar-refractivity contribution < 1.29 is 18.3 Å². The highest BCUT2D eigenvalue weighted by atomic mass is 32.2. The molecular weight excluding hydrogens is 304 g/mol. The summed E-state index contributed by atoms with van der Waals surface area (Å²) in [5, 5.41) is 15.2. The van der Waals surface area contributed by atoms with E-state index < -0.39 is 22.0 Å². The van der Waals surface area contributed by atoms with E-state index in [-0.39, 0.29) is 24.0 Å². The number of hydrogen-bond acceptors (Lipinski definition) is 4. The van der Waals surface area contributed by atoms with Gasteiger partial charge in [-0.15, -0.1) is 0 Å². The van der Waals surface area contributed by atoms with Gasteiger partial charge in [-0.2, -0.15) is 0 Å². The van der Waals surface area contributed by atoms with Gasteiger partial charge in [0, 0.05) is 13.1 Å². The summed E-state index contributed by atoms with van der Waals surface area (Å²) in [4.78, 5) is 11.7. The second-order valence-electron chi connectivity index (χ2n) is 5.79. The number of carbonyl (C=O) groups excluding carboxylic acids is 1. The standard InChI is InChI=1S/C15H22N2O4S/c1-11-2-4-13(5-3-11)14(18)9-17-15(19)16-8-12-6-7-22(20,21)10-12/h2-5,12,14,18H,6-10H2,1H3,(H2,16,17,19). The van der Waals surface area contributed by atoms with Crippen molar-refractivity contribution in [2.75, 3.05) is 24.6 Å². The maximum absolute atomic E-state index is 11.7. The molecule has 2 unspecified atom stereocenters. The zero-order valence-electron chi connectivity index (χ0n) is 12.6. The lowest BCUT2D eigenvalue weighted by Gasteiger charge is -2.14. The summed E-state index contributed by atoms with van der Waals surface area (Å²) in [6.45, 7) is 2.41. The number of benzene rings is 1. The van der Waals surface area contributed by atoms with Crippen molar-refractivity contribution >= 4 is 15.9 Å². The molecule has 0 bridgehead atoms. The summed E-state index contributed by atoms with van der Waals surface area (Å²) in [7, 11) is -2.92. The lowest BCUT2D eigenvalue weighted by molar-refractivity contribution is 0.173. The van der Waals surface area contributed by atoms with Crippen molar-refractivity contribution in [2.45, 2.75) is 19.4 Å². The molecule has 0 spiro atoms. The van der Waals surface area contributed by atoms with Crippen LogP contribution in [0.3, 0.4) is 0 Å². The third-order valence-electron chi connectivity index (χ3n) is 3.80. The molecule has 0 radical (unpaired) electrons. The second kappa shape index (κ2) is 7.11. The minimum atomic E-state index is -2.92. The number of nitrogens with one attached hydrogen (secondary N) is 2. The Labute approximate surface area is 130 Å². The first-order valence-electron chi connectivity index (χ1n) is 7.32.